The first-order valence-electron chi connectivity index (χ1n) is 4.97. The van der Waals surface area contributed by atoms with Crippen molar-refractivity contribution in [2.75, 3.05) is 0 Å². The van der Waals surface area contributed by atoms with E-state index in [-0.39, 0.29) is 12.3 Å². The lowest BCUT2D eigenvalue weighted by Gasteiger charge is -2.03. The van der Waals surface area contributed by atoms with Crippen LogP contribution in [0.15, 0.2) is 22.7 Å². The molecule has 0 atom stereocenters. The summed E-state index contributed by atoms with van der Waals surface area (Å²) in [5, 5.41) is 27.5. The van der Waals surface area contributed by atoms with Crippen LogP contribution in [0.5, 0.6) is 0 Å². The molecule has 0 aliphatic rings. The molecule has 0 amide bonds. The maximum atomic E-state index is 10.8. The van der Waals surface area contributed by atoms with E-state index in [9.17, 15) is 10.1 Å². The highest BCUT2D eigenvalue weighted by Gasteiger charge is 2.15. The molecule has 0 radical (unpaired) electrons. The Morgan fingerprint density at radius 1 is 1.44 bits per heavy atom. The number of rotatable bonds is 3. The SMILES string of the molecule is Cn1c(CO)nnc1-c1cc(Br)cc([N+](=O)[O-])c1. The number of nitro groups is 1. The van der Waals surface area contributed by atoms with Gasteiger partial charge in [0.25, 0.3) is 5.69 Å². The number of nitro benzene ring substituents is 1. The quantitative estimate of drug-likeness (QED) is 0.687. The van der Waals surface area contributed by atoms with E-state index in [0.717, 1.165) is 0 Å². The lowest BCUT2D eigenvalue weighted by atomic mass is 10.2. The molecule has 1 N–H and O–H groups in total. The van der Waals surface area contributed by atoms with Crippen molar-refractivity contribution in [3.8, 4) is 11.4 Å². The molecule has 7 nitrogen and oxygen atoms in total. The Morgan fingerprint density at radius 2 is 2.17 bits per heavy atom. The van der Waals surface area contributed by atoms with Gasteiger partial charge in [0.05, 0.1) is 4.92 Å². The fourth-order valence-corrected chi connectivity index (χ4v) is 2.04. The summed E-state index contributed by atoms with van der Waals surface area (Å²) in [5.74, 6) is 0.857. The molecular weight excluding hydrogens is 304 g/mol. The van der Waals surface area contributed by atoms with Gasteiger partial charge in [-0.15, -0.1) is 10.2 Å². The summed E-state index contributed by atoms with van der Waals surface area (Å²) >= 11 is 3.22. The number of halogens is 1. The molecule has 0 spiro atoms. The van der Waals surface area contributed by atoms with E-state index in [1.165, 1.54) is 12.1 Å². The zero-order chi connectivity index (χ0) is 13.3. The smallest absolute Gasteiger partial charge is 0.271 e. The van der Waals surface area contributed by atoms with Crippen molar-refractivity contribution >= 4 is 21.6 Å². The molecule has 2 aromatic rings. The number of hydrogen-bond acceptors (Lipinski definition) is 5. The van der Waals surface area contributed by atoms with Crippen LogP contribution in [0.2, 0.25) is 0 Å². The zero-order valence-electron chi connectivity index (χ0n) is 9.37. The van der Waals surface area contributed by atoms with Crippen LogP contribution >= 0.6 is 15.9 Å². The van der Waals surface area contributed by atoms with Gasteiger partial charge in [0.1, 0.15) is 6.61 Å². The Bertz CT molecular complexity index is 611. The van der Waals surface area contributed by atoms with Crippen molar-refractivity contribution in [3.63, 3.8) is 0 Å². The molecule has 0 unspecified atom stereocenters. The summed E-state index contributed by atoms with van der Waals surface area (Å²) in [6.07, 6.45) is 0. The third kappa shape index (κ3) is 2.24. The van der Waals surface area contributed by atoms with Crippen molar-refractivity contribution < 1.29 is 10.0 Å². The number of non-ortho nitro benzene ring substituents is 1. The van der Waals surface area contributed by atoms with Gasteiger partial charge in [-0.25, -0.2) is 0 Å². The van der Waals surface area contributed by atoms with Gasteiger partial charge in [-0.1, -0.05) is 15.9 Å². The minimum Gasteiger partial charge on any atom is -0.388 e. The number of benzene rings is 1. The molecule has 0 aliphatic heterocycles. The Labute approximate surface area is 110 Å². The molecule has 94 valence electrons. The summed E-state index contributed by atoms with van der Waals surface area (Å²) in [4.78, 5) is 10.3. The third-order valence-electron chi connectivity index (χ3n) is 2.46. The highest BCUT2D eigenvalue weighted by atomic mass is 79.9. The van der Waals surface area contributed by atoms with Gasteiger partial charge >= 0.3 is 0 Å². The van der Waals surface area contributed by atoms with Crippen LogP contribution in [0.4, 0.5) is 5.69 Å². The molecule has 0 saturated carbocycles. The van der Waals surface area contributed by atoms with E-state index in [0.29, 0.717) is 21.7 Å². The first kappa shape index (κ1) is 12.7. The van der Waals surface area contributed by atoms with Crippen molar-refractivity contribution in [2.24, 2.45) is 7.05 Å². The lowest BCUT2D eigenvalue weighted by Crippen LogP contribution is -1.99. The summed E-state index contributed by atoms with van der Waals surface area (Å²) in [6.45, 7) is -0.237. The first-order chi connectivity index (χ1) is 8.52. The molecule has 0 saturated heterocycles. The van der Waals surface area contributed by atoms with Gasteiger partial charge in [0.15, 0.2) is 11.6 Å². The van der Waals surface area contributed by atoms with Gasteiger partial charge in [0, 0.05) is 29.2 Å². The van der Waals surface area contributed by atoms with E-state index >= 15 is 0 Å². The van der Waals surface area contributed by atoms with Crippen LogP contribution in [0.25, 0.3) is 11.4 Å². The standard InChI is InChI=1S/C10H9BrN4O3/c1-14-9(5-16)12-13-10(14)6-2-7(11)4-8(3-6)15(17)18/h2-4,16H,5H2,1H3. The molecule has 0 aliphatic carbocycles. The summed E-state index contributed by atoms with van der Waals surface area (Å²) < 4.78 is 2.17. The van der Waals surface area contributed by atoms with E-state index in [2.05, 4.69) is 26.1 Å². The van der Waals surface area contributed by atoms with Crippen LogP contribution in [0.1, 0.15) is 5.82 Å². The molecule has 1 heterocycles. The molecule has 0 bridgehead atoms. The van der Waals surface area contributed by atoms with Crippen LogP contribution in [-0.2, 0) is 13.7 Å². The van der Waals surface area contributed by atoms with Crippen LogP contribution in [-0.4, -0.2) is 24.8 Å². The van der Waals surface area contributed by atoms with Gasteiger partial charge in [-0.2, -0.15) is 0 Å². The second-order valence-corrected chi connectivity index (χ2v) is 4.53. The molecule has 1 aromatic carbocycles. The van der Waals surface area contributed by atoms with Gasteiger partial charge in [-0.05, 0) is 6.07 Å². The first-order valence-corrected chi connectivity index (χ1v) is 5.76. The van der Waals surface area contributed by atoms with Gasteiger partial charge in [0.2, 0.25) is 0 Å². The van der Waals surface area contributed by atoms with Crippen molar-refractivity contribution in [1.82, 2.24) is 14.8 Å². The van der Waals surface area contributed by atoms with Crippen molar-refractivity contribution in [3.05, 3.63) is 38.6 Å². The van der Waals surface area contributed by atoms with Gasteiger partial charge in [-0.3, -0.25) is 10.1 Å². The number of aliphatic hydroxyl groups is 1. The zero-order valence-corrected chi connectivity index (χ0v) is 11.0. The maximum Gasteiger partial charge on any atom is 0.271 e. The summed E-state index contributed by atoms with van der Waals surface area (Å²) in [5.41, 5.74) is 0.527. The molecular formula is C10H9BrN4O3. The largest absolute Gasteiger partial charge is 0.388 e. The monoisotopic (exact) mass is 312 g/mol. The van der Waals surface area contributed by atoms with E-state index in [1.54, 1.807) is 17.7 Å². The van der Waals surface area contributed by atoms with E-state index in [1.807, 2.05) is 0 Å². The number of aliphatic hydroxyl groups excluding tert-OH is 1. The van der Waals surface area contributed by atoms with Gasteiger partial charge < -0.3 is 9.67 Å². The summed E-state index contributed by atoms with van der Waals surface area (Å²) in [7, 11) is 1.69. The Balaban J connectivity index is 2.56. The number of aromatic nitrogens is 3. The Morgan fingerprint density at radius 3 is 2.72 bits per heavy atom. The molecule has 18 heavy (non-hydrogen) atoms. The second-order valence-electron chi connectivity index (χ2n) is 3.61. The van der Waals surface area contributed by atoms with Crippen LogP contribution in [0.3, 0.4) is 0 Å². The minimum absolute atomic E-state index is 0.0343. The average Bonchev–Trinajstić information content (AvgIpc) is 2.69. The van der Waals surface area contributed by atoms with Crippen LogP contribution < -0.4 is 0 Å². The molecule has 8 heteroatoms. The normalized spacial score (nSPS) is 10.6. The minimum atomic E-state index is -0.475. The number of nitrogens with zero attached hydrogens (tertiary/aromatic N) is 4. The highest BCUT2D eigenvalue weighted by molar-refractivity contribution is 9.10. The second kappa shape index (κ2) is 4.83. The predicted molar refractivity (Wildman–Crippen MR) is 66.7 cm³/mol. The predicted octanol–water partition coefficient (Wildman–Crippen LogP) is 1.65. The van der Waals surface area contributed by atoms with Crippen molar-refractivity contribution in [2.45, 2.75) is 6.61 Å². The van der Waals surface area contributed by atoms with Crippen molar-refractivity contribution in [1.29, 1.82) is 0 Å². The maximum absolute atomic E-state index is 10.8. The fourth-order valence-electron chi connectivity index (χ4n) is 1.56. The molecule has 2 rings (SSSR count). The topological polar surface area (TPSA) is 94.1 Å². The van der Waals surface area contributed by atoms with E-state index < -0.39 is 4.92 Å². The summed E-state index contributed by atoms with van der Waals surface area (Å²) in [6, 6.07) is 4.53. The Kier molecular flexibility index (Phi) is 3.39. The average molecular weight is 313 g/mol. The molecule has 0 fully saturated rings. The number of hydrogen-bond donors (Lipinski definition) is 1. The highest BCUT2D eigenvalue weighted by Crippen LogP contribution is 2.27. The van der Waals surface area contributed by atoms with Crippen LogP contribution in [0, 0.1) is 10.1 Å². The molecule has 1 aromatic heterocycles. The fraction of sp³-hybridized carbons (Fsp3) is 0.200. The van der Waals surface area contributed by atoms with E-state index in [4.69, 9.17) is 5.11 Å². The third-order valence-corrected chi connectivity index (χ3v) is 2.92. The lowest BCUT2D eigenvalue weighted by molar-refractivity contribution is -0.384. The Hall–Kier alpha value is -1.80.